The van der Waals surface area contributed by atoms with Gasteiger partial charge in [0.1, 0.15) is 4.90 Å². The van der Waals surface area contributed by atoms with Crippen LogP contribution in [0.25, 0.3) is 0 Å². The van der Waals surface area contributed by atoms with E-state index in [1.807, 2.05) is 20.8 Å². The predicted molar refractivity (Wildman–Crippen MR) is 93.5 cm³/mol. The molecule has 2 aromatic rings. The summed E-state index contributed by atoms with van der Waals surface area (Å²) in [5.41, 5.74) is 1.11. The summed E-state index contributed by atoms with van der Waals surface area (Å²) in [4.78, 5) is 11.2. The van der Waals surface area contributed by atoms with E-state index in [1.165, 1.54) is 17.8 Å². The minimum atomic E-state index is -3.76. The van der Waals surface area contributed by atoms with Gasteiger partial charge in [0.2, 0.25) is 5.91 Å². The van der Waals surface area contributed by atoms with E-state index < -0.39 is 15.4 Å². The second kappa shape index (κ2) is 6.27. The van der Waals surface area contributed by atoms with Crippen molar-refractivity contribution in [1.29, 1.82) is 0 Å². The Morgan fingerprint density at radius 1 is 1.12 bits per heavy atom. The maximum atomic E-state index is 12.7. The SMILES string of the molecule is CC(=O)Nc1ccc(NS(=O)(=O)c2cn(C)nc2C(C)(C)C)cc1. The molecule has 0 atom stereocenters. The van der Waals surface area contributed by atoms with Crippen LogP contribution in [0.2, 0.25) is 0 Å². The molecule has 1 aromatic heterocycles. The normalized spacial score (nSPS) is 12.0. The van der Waals surface area contributed by atoms with Crippen LogP contribution < -0.4 is 10.0 Å². The molecule has 0 aliphatic heterocycles. The Labute approximate surface area is 142 Å². The molecule has 0 spiro atoms. The van der Waals surface area contributed by atoms with E-state index in [1.54, 1.807) is 31.3 Å². The van der Waals surface area contributed by atoms with Crippen LogP contribution in [-0.4, -0.2) is 24.1 Å². The lowest BCUT2D eigenvalue weighted by molar-refractivity contribution is -0.114. The molecule has 0 aliphatic rings. The van der Waals surface area contributed by atoms with Crippen molar-refractivity contribution in [3.05, 3.63) is 36.2 Å². The summed E-state index contributed by atoms with van der Waals surface area (Å²) in [6.45, 7) is 7.15. The topological polar surface area (TPSA) is 93.1 Å². The van der Waals surface area contributed by atoms with Gasteiger partial charge in [-0.3, -0.25) is 14.2 Å². The van der Waals surface area contributed by atoms with Gasteiger partial charge in [0.15, 0.2) is 0 Å². The number of amides is 1. The highest BCUT2D eigenvalue weighted by Crippen LogP contribution is 2.28. The fourth-order valence-electron chi connectivity index (χ4n) is 2.22. The highest BCUT2D eigenvalue weighted by Gasteiger charge is 2.29. The maximum absolute atomic E-state index is 12.7. The zero-order valence-electron chi connectivity index (χ0n) is 14.4. The number of benzene rings is 1. The molecule has 0 fully saturated rings. The summed E-state index contributed by atoms with van der Waals surface area (Å²) in [5.74, 6) is -0.187. The fourth-order valence-corrected chi connectivity index (χ4v) is 3.67. The first-order valence-electron chi connectivity index (χ1n) is 7.43. The summed E-state index contributed by atoms with van der Waals surface area (Å²) in [6.07, 6.45) is 1.49. The molecular formula is C16H22N4O3S. The highest BCUT2D eigenvalue weighted by atomic mass is 32.2. The van der Waals surface area contributed by atoms with Crippen LogP contribution in [0.5, 0.6) is 0 Å². The molecule has 0 radical (unpaired) electrons. The number of carbonyl (C=O) groups excluding carboxylic acids is 1. The highest BCUT2D eigenvalue weighted by molar-refractivity contribution is 7.92. The van der Waals surface area contributed by atoms with Gasteiger partial charge in [-0.1, -0.05) is 20.8 Å². The van der Waals surface area contributed by atoms with Crippen molar-refractivity contribution in [1.82, 2.24) is 9.78 Å². The average molecular weight is 350 g/mol. The van der Waals surface area contributed by atoms with Gasteiger partial charge in [-0.2, -0.15) is 5.10 Å². The Morgan fingerprint density at radius 2 is 1.67 bits per heavy atom. The van der Waals surface area contributed by atoms with Crippen LogP contribution in [0, 0.1) is 0 Å². The third-order valence-corrected chi connectivity index (χ3v) is 4.63. The van der Waals surface area contributed by atoms with E-state index in [0.29, 0.717) is 17.1 Å². The second-order valence-corrected chi connectivity index (χ2v) is 8.28. The van der Waals surface area contributed by atoms with E-state index in [0.717, 1.165) is 0 Å². The lowest BCUT2D eigenvalue weighted by atomic mass is 9.92. The number of aryl methyl sites for hydroxylation is 1. The molecule has 1 heterocycles. The summed E-state index contributed by atoms with van der Waals surface area (Å²) in [5, 5.41) is 6.92. The lowest BCUT2D eigenvalue weighted by Crippen LogP contribution is -2.20. The number of nitrogens with zero attached hydrogens (tertiary/aromatic N) is 2. The van der Waals surface area contributed by atoms with Gasteiger partial charge in [0.05, 0.1) is 5.69 Å². The molecule has 7 nitrogen and oxygen atoms in total. The molecule has 130 valence electrons. The number of hydrogen-bond donors (Lipinski definition) is 2. The van der Waals surface area contributed by atoms with Gasteiger partial charge in [-0.05, 0) is 24.3 Å². The van der Waals surface area contributed by atoms with E-state index in [4.69, 9.17) is 0 Å². The first kappa shape index (κ1) is 18.0. The molecule has 0 saturated heterocycles. The first-order chi connectivity index (χ1) is 11.0. The zero-order valence-corrected chi connectivity index (χ0v) is 15.2. The van der Waals surface area contributed by atoms with Gasteiger partial charge < -0.3 is 5.32 Å². The summed E-state index contributed by atoms with van der Waals surface area (Å²) in [7, 11) is -2.07. The third-order valence-electron chi connectivity index (χ3n) is 3.25. The zero-order chi connectivity index (χ0) is 18.1. The van der Waals surface area contributed by atoms with E-state index in [-0.39, 0.29) is 10.8 Å². The average Bonchev–Trinajstić information content (AvgIpc) is 2.83. The van der Waals surface area contributed by atoms with E-state index >= 15 is 0 Å². The van der Waals surface area contributed by atoms with Crippen molar-refractivity contribution in [3.63, 3.8) is 0 Å². The van der Waals surface area contributed by atoms with Gasteiger partial charge >= 0.3 is 0 Å². The summed E-state index contributed by atoms with van der Waals surface area (Å²) < 4.78 is 29.5. The quantitative estimate of drug-likeness (QED) is 0.886. The van der Waals surface area contributed by atoms with Crippen LogP contribution in [0.1, 0.15) is 33.4 Å². The van der Waals surface area contributed by atoms with Crippen LogP contribution >= 0.6 is 0 Å². The monoisotopic (exact) mass is 350 g/mol. The van der Waals surface area contributed by atoms with Crippen molar-refractivity contribution in [2.75, 3.05) is 10.0 Å². The molecule has 0 saturated carbocycles. The van der Waals surface area contributed by atoms with Crippen LogP contribution in [0.3, 0.4) is 0 Å². The lowest BCUT2D eigenvalue weighted by Gasteiger charge is -2.17. The molecule has 1 aromatic carbocycles. The first-order valence-corrected chi connectivity index (χ1v) is 8.92. The van der Waals surface area contributed by atoms with Crippen molar-refractivity contribution in [2.24, 2.45) is 7.05 Å². The number of nitrogens with one attached hydrogen (secondary N) is 2. The van der Waals surface area contributed by atoms with Crippen molar-refractivity contribution in [2.45, 2.75) is 38.0 Å². The fraction of sp³-hybridized carbons (Fsp3) is 0.375. The van der Waals surface area contributed by atoms with Gasteiger partial charge in [-0.25, -0.2) is 8.42 Å². The van der Waals surface area contributed by atoms with Gasteiger partial charge in [0.25, 0.3) is 10.0 Å². The molecule has 8 heteroatoms. The van der Waals surface area contributed by atoms with Crippen LogP contribution in [0.15, 0.2) is 35.4 Å². The van der Waals surface area contributed by atoms with E-state index in [9.17, 15) is 13.2 Å². The second-order valence-electron chi connectivity index (χ2n) is 6.63. The smallest absolute Gasteiger partial charge is 0.265 e. The minimum absolute atomic E-state index is 0.156. The molecule has 24 heavy (non-hydrogen) atoms. The number of rotatable bonds is 4. The van der Waals surface area contributed by atoms with Crippen molar-refractivity contribution in [3.8, 4) is 0 Å². The molecular weight excluding hydrogens is 328 g/mol. The molecule has 0 aliphatic carbocycles. The predicted octanol–water partition coefficient (Wildman–Crippen LogP) is 2.48. The molecule has 2 N–H and O–H groups in total. The van der Waals surface area contributed by atoms with Gasteiger partial charge in [0, 0.05) is 37.0 Å². The number of anilines is 2. The van der Waals surface area contributed by atoms with Crippen molar-refractivity contribution >= 4 is 27.3 Å². The number of sulfonamides is 1. The Bertz CT molecular complexity index is 846. The number of aromatic nitrogens is 2. The molecule has 2 rings (SSSR count). The standard InChI is InChI=1S/C16H22N4O3S/c1-11(21)17-12-6-8-13(9-7-12)19-24(22,23)14-10-20(5)18-15(14)16(2,3)4/h6-10,19H,1-5H3,(H,17,21). The van der Waals surface area contributed by atoms with E-state index in [2.05, 4.69) is 15.1 Å². The van der Waals surface area contributed by atoms with Gasteiger partial charge in [-0.15, -0.1) is 0 Å². The maximum Gasteiger partial charge on any atom is 0.265 e. The Morgan fingerprint density at radius 3 is 2.17 bits per heavy atom. The molecule has 0 unspecified atom stereocenters. The summed E-state index contributed by atoms with van der Waals surface area (Å²) in [6, 6.07) is 6.45. The third kappa shape index (κ3) is 4.14. The Hall–Kier alpha value is -2.35. The largest absolute Gasteiger partial charge is 0.326 e. The van der Waals surface area contributed by atoms with Crippen molar-refractivity contribution < 1.29 is 13.2 Å². The van der Waals surface area contributed by atoms with Crippen LogP contribution in [0.4, 0.5) is 11.4 Å². The Balaban J connectivity index is 2.31. The minimum Gasteiger partial charge on any atom is -0.326 e. The Kier molecular flexibility index (Phi) is 4.70. The summed E-state index contributed by atoms with van der Waals surface area (Å²) >= 11 is 0. The number of carbonyl (C=O) groups is 1. The molecule has 1 amide bonds. The number of hydrogen-bond acceptors (Lipinski definition) is 4. The molecule has 0 bridgehead atoms. The van der Waals surface area contributed by atoms with Crippen LogP contribution in [-0.2, 0) is 27.3 Å².